The number of hydrogen-bond acceptors (Lipinski definition) is 3. The zero-order valence-electron chi connectivity index (χ0n) is 14.2. The lowest BCUT2D eigenvalue weighted by atomic mass is 9.91. The van der Waals surface area contributed by atoms with Crippen molar-refractivity contribution < 1.29 is 22.8 Å². The average molecular weight is 351 g/mol. The van der Waals surface area contributed by atoms with Crippen molar-refractivity contribution in [2.45, 2.75) is 63.9 Å². The molecule has 0 aromatic heterocycles. The first-order valence-corrected chi connectivity index (χ1v) is 8.41. The summed E-state index contributed by atoms with van der Waals surface area (Å²) in [5.41, 5.74) is -2.80. The Kier molecular flexibility index (Phi) is 5.84. The topological polar surface area (TPSA) is 55.3 Å². The van der Waals surface area contributed by atoms with E-state index in [1.807, 2.05) is 0 Å². The Balaban J connectivity index is 3.16. The highest BCUT2D eigenvalue weighted by atomic mass is 32.2. The van der Waals surface area contributed by atoms with E-state index in [-0.39, 0.29) is 5.56 Å². The van der Waals surface area contributed by atoms with Crippen molar-refractivity contribution in [2.24, 2.45) is 0 Å². The van der Waals surface area contributed by atoms with Gasteiger partial charge in [-0.1, -0.05) is 6.07 Å². The van der Waals surface area contributed by atoms with Crippen LogP contribution in [0.1, 0.15) is 58.7 Å². The van der Waals surface area contributed by atoms with Crippen molar-refractivity contribution in [3.8, 4) is 0 Å². The summed E-state index contributed by atoms with van der Waals surface area (Å²) in [5.74, 6) is -4.22. The van der Waals surface area contributed by atoms with Crippen LogP contribution >= 0.6 is 0 Å². The fourth-order valence-corrected chi connectivity index (χ4v) is 2.63. The van der Waals surface area contributed by atoms with E-state index in [0.717, 1.165) is 32.0 Å². The minimum Gasteiger partial charge on any atom is -0.598 e. The third-order valence-electron chi connectivity index (χ3n) is 3.43. The maximum atomic E-state index is 14.2. The predicted molar refractivity (Wildman–Crippen MR) is 86.0 cm³/mol. The molecule has 1 rings (SSSR count). The molecule has 1 unspecified atom stereocenters. The molecule has 0 aliphatic carbocycles. The molecule has 2 atom stereocenters. The van der Waals surface area contributed by atoms with Crippen molar-refractivity contribution in [1.29, 1.82) is 0 Å². The normalized spacial score (nSPS) is 16.3. The van der Waals surface area contributed by atoms with Crippen molar-refractivity contribution in [3.63, 3.8) is 0 Å². The summed E-state index contributed by atoms with van der Waals surface area (Å²) in [6.07, 6.45) is 0. The van der Waals surface area contributed by atoms with Gasteiger partial charge < -0.3 is 9.66 Å². The molecule has 1 aromatic carbocycles. The van der Waals surface area contributed by atoms with E-state index < -0.39 is 45.1 Å². The van der Waals surface area contributed by atoms with E-state index >= 15 is 0 Å². The smallest absolute Gasteiger partial charge is 0.300 e. The highest BCUT2D eigenvalue weighted by Gasteiger charge is 2.47. The zero-order valence-corrected chi connectivity index (χ0v) is 15.0. The minimum atomic E-state index is -3.54. The minimum absolute atomic E-state index is 0.0241. The summed E-state index contributed by atoms with van der Waals surface area (Å²) in [7, 11) is 0. The summed E-state index contributed by atoms with van der Waals surface area (Å²) >= 11 is -1.47. The lowest BCUT2D eigenvalue weighted by molar-refractivity contribution is -0.168. The van der Waals surface area contributed by atoms with E-state index in [0.29, 0.717) is 0 Å². The Morgan fingerprint density at radius 1 is 1.17 bits per heavy atom. The molecule has 132 valence electrons. The van der Waals surface area contributed by atoms with Crippen LogP contribution < -0.4 is 4.72 Å². The highest BCUT2D eigenvalue weighted by Crippen LogP contribution is 2.39. The number of rotatable bonds is 5. The van der Waals surface area contributed by atoms with Crippen LogP contribution in [0.5, 0.6) is 0 Å². The van der Waals surface area contributed by atoms with Gasteiger partial charge in [-0.15, -0.1) is 4.72 Å². The first kappa shape index (κ1) is 20.3. The fraction of sp³-hybridized carbons (Fsp3) is 0.625. The van der Waals surface area contributed by atoms with Gasteiger partial charge in [0.25, 0.3) is 0 Å². The second-order valence-corrected chi connectivity index (χ2v) is 9.09. The molecule has 2 N–H and O–H groups in total. The molecule has 0 bridgehead atoms. The molecule has 0 saturated carbocycles. The van der Waals surface area contributed by atoms with Crippen LogP contribution in [-0.4, -0.2) is 20.0 Å². The molecule has 0 spiro atoms. The first-order chi connectivity index (χ1) is 10.2. The number of alkyl halides is 2. The van der Waals surface area contributed by atoms with E-state index in [2.05, 4.69) is 4.72 Å². The van der Waals surface area contributed by atoms with Gasteiger partial charge in [-0.05, 0) is 53.7 Å². The van der Waals surface area contributed by atoms with E-state index in [1.165, 1.54) is 0 Å². The monoisotopic (exact) mass is 351 g/mol. The Morgan fingerprint density at radius 2 is 1.70 bits per heavy atom. The number of nitrogens with one attached hydrogen (secondary N) is 1. The lowest BCUT2D eigenvalue weighted by Crippen LogP contribution is -2.41. The molecule has 0 fully saturated rings. The van der Waals surface area contributed by atoms with Gasteiger partial charge in [0.05, 0.1) is 6.04 Å². The van der Waals surface area contributed by atoms with Crippen molar-refractivity contribution in [1.82, 2.24) is 4.72 Å². The first-order valence-electron chi connectivity index (χ1n) is 7.26. The fourth-order valence-electron chi connectivity index (χ4n) is 1.82. The third-order valence-corrected chi connectivity index (χ3v) is 5.11. The highest BCUT2D eigenvalue weighted by molar-refractivity contribution is 7.90. The molecule has 3 nitrogen and oxygen atoms in total. The second-order valence-electron chi connectivity index (χ2n) is 7.09. The summed E-state index contributed by atoms with van der Waals surface area (Å²) < 4.78 is 56.7. The zero-order chi connectivity index (χ0) is 18.2. The van der Waals surface area contributed by atoms with Crippen LogP contribution in [0.15, 0.2) is 18.2 Å². The van der Waals surface area contributed by atoms with Gasteiger partial charge in [-0.2, -0.15) is 8.78 Å². The molecule has 23 heavy (non-hydrogen) atoms. The molecule has 0 radical (unpaired) electrons. The SMILES string of the molecule is CC(N[S@+]([O-])C(C)(C)C)c1cc(C(F)(F)C(C)(C)O)ccc1F. The largest absolute Gasteiger partial charge is 0.598 e. The molecule has 0 saturated heterocycles. The van der Waals surface area contributed by atoms with E-state index in [1.54, 1.807) is 27.7 Å². The van der Waals surface area contributed by atoms with Crippen molar-refractivity contribution >= 4 is 11.4 Å². The molecular formula is C16H24F3NO2S. The van der Waals surface area contributed by atoms with Gasteiger partial charge in [0, 0.05) is 22.5 Å². The van der Waals surface area contributed by atoms with Crippen LogP contribution in [-0.2, 0) is 17.3 Å². The molecule has 0 heterocycles. The summed E-state index contributed by atoms with van der Waals surface area (Å²) in [5, 5.41) is 9.64. The van der Waals surface area contributed by atoms with Crippen molar-refractivity contribution in [3.05, 3.63) is 35.1 Å². The lowest BCUT2D eigenvalue weighted by Gasteiger charge is -2.30. The van der Waals surface area contributed by atoms with Crippen LogP contribution in [0.4, 0.5) is 13.2 Å². The van der Waals surface area contributed by atoms with Gasteiger partial charge >= 0.3 is 5.92 Å². The molecule has 0 aliphatic heterocycles. The van der Waals surface area contributed by atoms with Crippen LogP contribution in [0.2, 0.25) is 0 Å². The van der Waals surface area contributed by atoms with Crippen LogP contribution in [0, 0.1) is 5.82 Å². The van der Waals surface area contributed by atoms with Gasteiger partial charge in [0.2, 0.25) is 0 Å². The van der Waals surface area contributed by atoms with Gasteiger partial charge in [0.1, 0.15) is 16.2 Å². The number of benzene rings is 1. The van der Waals surface area contributed by atoms with E-state index in [9.17, 15) is 22.8 Å². The second kappa shape index (κ2) is 6.63. The van der Waals surface area contributed by atoms with E-state index in [4.69, 9.17) is 0 Å². The van der Waals surface area contributed by atoms with Crippen LogP contribution in [0.25, 0.3) is 0 Å². The molecule has 0 amide bonds. The maximum absolute atomic E-state index is 14.2. The maximum Gasteiger partial charge on any atom is 0.300 e. The quantitative estimate of drug-likeness (QED) is 0.794. The van der Waals surface area contributed by atoms with Gasteiger partial charge in [0.15, 0.2) is 0 Å². The predicted octanol–water partition coefficient (Wildman–Crippen LogP) is 3.80. The van der Waals surface area contributed by atoms with Crippen molar-refractivity contribution in [2.75, 3.05) is 0 Å². The van der Waals surface area contributed by atoms with Crippen LogP contribution in [0.3, 0.4) is 0 Å². The van der Waals surface area contributed by atoms with Gasteiger partial charge in [-0.3, -0.25) is 0 Å². The summed E-state index contributed by atoms with van der Waals surface area (Å²) in [6.45, 7) is 8.78. The Labute approximate surface area is 138 Å². The number of hydrogen-bond donors (Lipinski definition) is 2. The Morgan fingerprint density at radius 3 is 2.13 bits per heavy atom. The number of aliphatic hydroxyl groups is 1. The molecule has 7 heteroatoms. The molecular weight excluding hydrogens is 327 g/mol. The molecule has 0 aliphatic rings. The summed E-state index contributed by atoms with van der Waals surface area (Å²) in [4.78, 5) is 0. The summed E-state index contributed by atoms with van der Waals surface area (Å²) in [6, 6.07) is 2.16. The standard InChI is InChI=1S/C16H24F3NO2S/c1-10(20-23(22)14(2,3)4)12-9-11(7-8-13(12)17)16(18,19)15(5,6)21/h7-10,20-21H,1-6H3/t10?,23-/m1/s1. The molecule has 1 aromatic rings. The third kappa shape index (κ3) is 4.62. The number of halogens is 3. The van der Waals surface area contributed by atoms with Gasteiger partial charge in [-0.25, -0.2) is 4.39 Å². The Hall–Kier alpha value is -0.760. The average Bonchev–Trinajstić information content (AvgIpc) is 2.36. The Bertz CT molecular complexity index is 553.